The van der Waals surface area contributed by atoms with Crippen LogP contribution in [0.25, 0.3) is 0 Å². The highest BCUT2D eigenvalue weighted by atomic mass is 16.5. The Morgan fingerprint density at radius 2 is 2.30 bits per heavy atom. The standard InChI is InChI=1S/C14H26N4O2/c1-12(15-2)6-5-7-18-14(19)10-13(11-16-18)17(3)8-9-20-4/h10-12,15H,5-9H2,1-4H3. The van der Waals surface area contributed by atoms with E-state index in [2.05, 4.69) is 17.3 Å². The van der Waals surface area contributed by atoms with E-state index in [1.807, 2.05) is 19.0 Å². The summed E-state index contributed by atoms with van der Waals surface area (Å²) in [5, 5.41) is 7.41. The number of nitrogens with one attached hydrogen (secondary N) is 1. The first-order valence-corrected chi connectivity index (χ1v) is 7.03. The zero-order chi connectivity index (χ0) is 15.0. The lowest BCUT2D eigenvalue weighted by Crippen LogP contribution is -2.28. The number of likely N-dealkylation sites (N-methyl/N-ethyl adjacent to an activating group) is 1. The van der Waals surface area contributed by atoms with Crippen molar-refractivity contribution in [3.8, 4) is 0 Å². The fourth-order valence-corrected chi connectivity index (χ4v) is 1.85. The fraction of sp³-hybridized carbons (Fsp3) is 0.714. The lowest BCUT2D eigenvalue weighted by atomic mass is 10.2. The van der Waals surface area contributed by atoms with Crippen LogP contribution in [0.2, 0.25) is 0 Å². The van der Waals surface area contributed by atoms with Gasteiger partial charge in [-0.25, -0.2) is 4.68 Å². The monoisotopic (exact) mass is 282 g/mol. The molecule has 6 heteroatoms. The number of aryl methyl sites for hydroxylation is 1. The predicted molar refractivity (Wildman–Crippen MR) is 81.4 cm³/mol. The van der Waals surface area contributed by atoms with E-state index in [0.29, 0.717) is 19.2 Å². The van der Waals surface area contributed by atoms with Crippen LogP contribution in [0.15, 0.2) is 17.1 Å². The van der Waals surface area contributed by atoms with E-state index in [4.69, 9.17) is 4.74 Å². The number of hydrogen-bond donors (Lipinski definition) is 1. The van der Waals surface area contributed by atoms with E-state index in [-0.39, 0.29) is 5.56 Å². The molecule has 0 aliphatic carbocycles. The van der Waals surface area contributed by atoms with Gasteiger partial charge < -0.3 is 15.0 Å². The Morgan fingerprint density at radius 3 is 2.90 bits per heavy atom. The van der Waals surface area contributed by atoms with Crippen molar-refractivity contribution < 1.29 is 4.74 Å². The minimum absolute atomic E-state index is 0.0520. The maximum Gasteiger partial charge on any atom is 0.268 e. The molecule has 0 amide bonds. The number of ether oxygens (including phenoxy) is 1. The van der Waals surface area contributed by atoms with Crippen LogP contribution in [0.1, 0.15) is 19.8 Å². The van der Waals surface area contributed by atoms with Crippen LogP contribution < -0.4 is 15.8 Å². The number of aromatic nitrogens is 2. The first kappa shape index (κ1) is 16.7. The van der Waals surface area contributed by atoms with Crippen molar-refractivity contribution in [2.75, 3.05) is 39.3 Å². The van der Waals surface area contributed by atoms with Crippen LogP contribution in [-0.4, -0.2) is 50.2 Å². The van der Waals surface area contributed by atoms with Gasteiger partial charge in [0.1, 0.15) is 0 Å². The van der Waals surface area contributed by atoms with Crippen molar-refractivity contribution >= 4 is 5.69 Å². The summed E-state index contributed by atoms with van der Waals surface area (Å²) >= 11 is 0. The molecule has 0 fully saturated rings. The van der Waals surface area contributed by atoms with Gasteiger partial charge in [-0.1, -0.05) is 0 Å². The first-order valence-electron chi connectivity index (χ1n) is 7.03. The molecule has 0 aliphatic rings. The van der Waals surface area contributed by atoms with Gasteiger partial charge >= 0.3 is 0 Å². The third-order valence-electron chi connectivity index (χ3n) is 3.43. The second kappa shape index (κ2) is 8.71. The Hall–Kier alpha value is -1.40. The predicted octanol–water partition coefficient (Wildman–Crippen LogP) is 0.714. The molecule has 20 heavy (non-hydrogen) atoms. The normalized spacial score (nSPS) is 12.4. The molecule has 0 saturated heterocycles. The van der Waals surface area contributed by atoms with Gasteiger partial charge in [-0.05, 0) is 26.8 Å². The minimum Gasteiger partial charge on any atom is -0.383 e. The first-order chi connectivity index (χ1) is 9.58. The average molecular weight is 282 g/mol. The highest BCUT2D eigenvalue weighted by molar-refractivity contribution is 5.41. The number of rotatable bonds is 9. The highest BCUT2D eigenvalue weighted by Gasteiger charge is 2.05. The summed E-state index contributed by atoms with van der Waals surface area (Å²) in [6, 6.07) is 2.09. The molecule has 0 spiro atoms. The molecule has 0 radical (unpaired) electrons. The Bertz CT molecular complexity index is 447. The van der Waals surface area contributed by atoms with Crippen molar-refractivity contribution in [1.29, 1.82) is 0 Å². The molecule has 6 nitrogen and oxygen atoms in total. The van der Waals surface area contributed by atoms with Crippen molar-refractivity contribution in [3.63, 3.8) is 0 Å². The smallest absolute Gasteiger partial charge is 0.268 e. The Morgan fingerprint density at radius 1 is 1.55 bits per heavy atom. The van der Waals surface area contributed by atoms with Crippen LogP contribution in [0.3, 0.4) is 0 Å². The van der Waals surface area contributed by atoms with Crippen molar-refractivity contribution in [2.45, 2.75) is 32.4 Å². The third-order valence-corrected chi connectivity index (χ3v) is 3.43. The molecule has 0 saturated carbocycles. The van der Waals surface area contributed by atoms with Crippen molar-refractivity contribution in [1.82, 2.24) is 15.1 Å². The molecular weight excluding hydrogens is 256 g/mol. The van der Waals surface area contributed by atoms with Crippen LogP contribution >= 0.6 is 0 Å². The van der Waals surface area contributed by atoms with Gasteiger partial charge in [0.2, 0.25) is 0 Å². The molecular formula is C14H26N4O2. The molecule has 0 aliphatic heterocycles. The molecule has 1 aromatic rings. The van der Waals surface area contributed by atoms with E-state index >= 15 is 0 Å². The van der Waals surface area contributed by atoms with Crippen molar-refractivity contribution in [2.24, 2.45) is 0 Å². The largest absolute Gasteiger partial charge is 0.383 e. The summed E-state index contributed by atoms with van der Waals surface area (Å²) < 4.78 is 6.55. The summed E-state index contributed by atoms with van der Waals surface area (Å²) in [4.78, 5) is 14.0. The van der Waals surface area contributed by atoms with Gasteiger partial charge in [0, 0.05) is 39.4 Å². The molecule has 1 rings (SSSR count). The van der Waals surface area contributed by atoms with Gasteiger partial charge in [-0.15, -0.1) is 0 Å². The zero-order valence-electron chi connectivity index (χ0n) is 12.9. The Labute approximate surface area is 120 Å². The highest BCUT2D eigenvalue weighted by Crippen LogP contribution is 2.06. The van der Waals surface area contributed by atoms with E-state index in [9.17, 15) is 4.79 Å². The second-order valence-corrected chi connectivity index (χ2v) is 5.02. The molecule has 0 aromatic carbocycles. The molecule has 1 aromatic heterocycles. The third kappa shape index (κ3) is 5.30. The van der Waals surface area contributed by atoms with Crippen LogP contribution in [0.5, 0.6) is 0 Å². The molecule has 0 bridgehead atoms. The zero-order valence-corrected chi connectivity index (χ0v) is 12.9. The van der Waals surface area contributed by atoms with E-state index in [1.165, 1.54) is 4.68 Å². The molecule has 114 valence electrons. The minimum atomic E-state index is -0.0520. The van der Waals surface area contributed by atoms with Gasteiger partial charge in [0.05, 0.1) is 18.5 Å². The summed E-state index contributed by atoms with van der Waals surface area (Å²) in [5.74, 6) is 0. The topological polar surface area (TPSA) is 59.4 Å². The molecule has 1 atom stereocenters. The number of nitrogens with zero attached hydrogens (tertiary/aromatic N) is 3. The van der Waals surface area contributed by atoms with E-state index < -0.39 is 0 Å². The van der Waals surface area contributed by atoms with Crippen LogP contribution in [-0.2, 0) is 11.3 Å². The summed E-state index contributed by atoms with van der Waals surface area (Å²) in [7, 11) is 5.53. The Balaban J connectivity index is 2.57. The number of anilines is 1. The number of methoxy groups -OCH3 is 1. The second-order valence-electron chi connectivity index (χ2n) is 5.02. The summed E-state index contributed by atoms with van der Waals surface area (Å²) in [6.45, 7) is 4.15. The molecule has 1 unspecified atom stereocenters. The molecule has 1 heterocycles. The maximum absolute atomic E-state index is 12.0. The van der Waals surface area contributed by atoms with E-state index in [0.717, 1.165) is 25.1 Å². The Kier molecular flexibility index (Phi) is 7.25. The van der Waals surface area contributed by atoms with Crippen LogP contribution in [0.4, 0.5) is 5.69 Å². The quantitative estimate of drug-likeness (QED) is 0.723. The van der Waals surface area contributed by atoms with Gasteiger partial charge in [0.15, 0.2) is 0 Å². The SMILES string of the molecule is CNC(C)CCCn1ncc(N(C)CCOC)cc1=O. The maximum atomic E-state index is 12.0. The van der Waals surface area contributed by atoms with Gasteiger partial charge in [-0.2, -0.15) is 5.10 Å². The molecule has 1 N–H and O–H groups in total. The lowest BCUT2D eigenvalue weighted by molar-refractivity contribution is 0.206. The summed E-state index contributed by atoms with van der Waals surface area (Å²) in [5.41, 5.74) is 0.774. The van der Waals surface area contributed by atoms with Gasteiger partial charge in [0.25, 0.3) is 5.56 Å². The average Bonchev–Trinajstić information content (AvgIpc) is 2.46. The number of hydrogen-bond acceptors (Lipinski definition) is 5. The van der Waals surface area contributed by atoms with Crippen LogP contribution in [0, 0.1) is 0 Å². The van der Waals surface area contributed by atoms with Gasteiger partial charge in [-0.3, -0.25) is 4.79 Å². The summed E-state index contributed by atoms with van der Waals surface area (Å²) in [6.07, 6.45) is 3.70. The van der Waals surface area contributed by atoms with E-state index in [1.54, 1.807) is 19.4 Å². The fourth-order valence-electron chi connectivity index (χ4n) is 1.85. The van der Waals surface area contributed by atoms with Crippen molar-refractivity contribution in [3.05, 3.63) is 22.6 Å². The lowest BCUT2D eigenvalue weighted by Gasteiger charge is -2.18.